The van der Waals surface area contributed by atoms with Crippen LogP contribution in [0.5, 0.6) is 0 Å². The summed E-state index contributed by atoms with van der Waals surface area (Å²) < 4.78 is 87.7. The van der Waals surface area contributed by atoms with Crippen LogP contribution in [0.1, 0.15) is 22.3 Å². The van der Waals surface area contributed by atoms with Crippen molar-refractivity contribution in [3.63, 3.8) is 0 Å². The van der Waals surface area contributed by atoms with Crippen LogP contribution in [0.2, 0.25) is 0 Å². The minimum Gasteiger partial charge on any atom is -0.384 e. The number of rotatable bonds is 7. The van der Waals surface area contributed by atoms with Gasteiger partial charge in [-0.2, -0.15) is 13.2 Å². The summed E-state index contributed by atoms with van der Waals surface area (Å²) in [5.41, 5.74) is 0.932. The van der Waals surface area contributed by atoms with Crippen LogP contribution in [-0.4, -0.2) is 13.7 Å². The van der Waals surface area contributed by atoms with Crippen molar-refractivity contribution in [3.8, 4) is 11.1 Å². The zero-order valence-corrected chi connectivity index (χ0v) is 18.9. The van der Waals surface area contributed by atoms with Gasteiger partial charge in [-0.3, -0.25) is 0 Å². The molecule has 0 heterocycles. The number of hydrogen-bond acceptors (Lipinski definition) is 1. The van der Waals surface area contributed by atoms with E-state index >= 15 is 4.39 Å². The van der Waals surface area contributed by atoms with Gasteiger partial charge in [0.15, 0.2) is 0 Å². The Labute approximate surface area is 199 Å². The fourth-order valence-corrected chi connectivity index (χ4v) is 4.09. The average molecular weight is 488 g/mol. The largest absolute Gasteiger partial charge is 0.416 e. The molecule has 0 aliphatic carbocycles. The number of methoxy groups -OCH3 is 1. The number of hydrogen-bond donors (Lipinski definition) is 0. The van der Waals surface area contributed by atoms with E-state index < -0.39 is 29.2 Å². The molecule has 1 nitrogen and oxygen atoms in total. The first-order valence-electron chi connectivity index (χ1n) is 11.0. The molecule has 0 radical (unpaired) electrons. The van der Waals surface area contributed by atoms with Gasteiger partial charge in [-0.1, -0.05) is 36.4 Å². The minimum absolute atomic E-state index is 0.181. The maximum absolute atomic E-state index is 15.1. The Kier molecular flexibility index (Phi) is 7.17. The Morgan fingerprint density at radius 2 is 1.40 bits per heavy atom. The van der Waals surface area contributed by atoms with Crippen molar-refractivity contribution in [2.75, 3.05) is 13.7 Å². The summed E-state index contributed by atoms with van der Waals surface area (Å²) in [5.74, 6) is -1.87. The van der Waals surface area contributed by atoms with E-state index in [0.29, 0.717) is 58.9 Å². The SMILES string of the molecule is COCCc1cc(F)c(-c2ccc3c(F)c(CCc4ccc(C(F)(F)F)cc4)ccc3c2)c(F)c1. The first-order chi connectivity index (χ1) is 16.7. The lowest BCUT2D eigenvalue weighted by molar-refractivity contribution is -0.137. The average Bonchev–Trinajstić information content (AvgIpc) is 2.81. The van der Waals surface area contributed by atoms with Crippen molar-refractivity contribution in [2.24, 2.45) is 0 Å². The summed E-state index contributed by atoms with van der Waals surface area (Å²) in [7, 11) is 1.51. The molecule has 182 valence electrons. The maximum atomic E-state index is 15.1. The van der Waals surface area contributed by atoms with Crippen molar-refractivity contribution in [2.45, 2.75) is 25.4 Å². The molecule has 0 spiro atoms. The molecule has 0 N–H and O–H groups in total. The Balaban J connectivity index is 1.56. The molecule has 0 saturated carbocycles. The molecule has 0 bridgehead atoms. The topological polar surface area (TPSA) is 9.23 Å². The lowest BCUT2D eigenvalue weighted by atomic mass is 9.96. The van der Waals surface area contributed by atoms with Crippen LogP contribution in [0, 0.1) is 17.5 Å². The van der Waals surface area contributed by atoms with Crippen molar-refractivity contribution in [1.82, 2.24) is 0 Å². The van der Waals surface area contributed by atoms with E-state index in [9.17, 15) is 22.0 Å². The molecule has 0 unspecified atom stereocenters. The number of ether oxygens (including phenoxy) is 1. The van der Waals surface area contributed by atoms with Gasteiger partial charge in [-0.15, -0.1) is 0 Å². The number of fused-ring (bicyclic) bond motifs is 1. The van der Waals surface area contributed by atoms with E-state index in [1.54, 1.807) is 12.1 Å². The van der Waals surface area contributed by atoms with Crippen LogP contribution in [-0.2, 0) is 30.2 Å². The summed E-state index contributed by atoms with van der Waals surface area (Å²) in [6, 6.07) is 15.1. The standard InChI is InChI=1S/C28H22F6O/c1-35-13-12-18-14-24(29)26(25(30)15-18)21-8-11-23-20(16-21)7-6-19(27(23)31)5-2-17-3-9-22(10-4-17)28(32,33)34/h3-4,6-11,14-16H,2,5,12-13H2,1H3. The Morgan fingerprint density at radius 1 is 0.714 bits per heavy atom. The fraction of sp³-hybridized carbons (Fsp3) is 0.214. The minimum atomic E-state index is -4.40. The van der Waals surface area contributed by atoms with E-state index in [-0.39, 0.29) is 5.56 Å². The van der Waals surface area contributed by atoms with Crippen LogP contribution in [0.25, 0.3) is 21.9 Å². The van der Waals surface area contributed by atoms with Gasteiger partial charge in [-0.25, -0.2) is 13.2 Å². The lowest BCUT2D eigenvalue weighted by Gasteiger charge is -2.12. The Morgan fingerprint density at radius 3 is 2.03 bits per heavy atom. The first-order valence-corrected chi connectivity index (χ1v) is 11.0. The molecule has 35 heavy (non-hydrogen) atoms. The highest BCUT2D eigenvalue weighted by atomic mass is 19.4. The first kappa shape index (κ1) is 24.8. The number of aryl methyl sites for hydroxylation is 2. The normalized spacial score (nSPS) is 11.9. The molecule has 4 aromatic rings. The van der Waals surface area contributed by atoms with E-state index in [0.717, 1.165) is 12.1 Å². The van der Waals surface area contributed by atoms with Crippen molar-refractivity contribution in [3.05, 3.63) is 106 Å². The van der Waals surface area contributed by atoms with Gasteiger partial charge in [0.1, 0.15) is 17.5 Å². The highest BCUT2D eigenvalue weighted by molar-refractivity contribution is 5.88. The molecule has 0 aliphatic heterocycles. The second-order valence-corrected chi connectivity index (χ2v) is 8.35. The molecule has 0 saturated heterocycles. The monoisotopic (exact) mass is 488 g/mol. The second kappa shape index (κ2) is 10.1. The van der Waals surface area contributed by atoms with Crippen LogP contribution in [0.3, 0.4) is 0 Å². The predicted octanol–water partition coefficient (Wildman–Crippen LogP) is 7.92. The zero-order chi connectivity index (χ0) is 25.2. The van der Waals surface area contributed by atoms with Gasteiger partial charge in [0.2, 0.25) is 0 Å². The molecule has 7 heteroatoms. The van der Waals surface area contributed by atoms with Crippen LogP contribution >= 0.6 is 0 Å². The number of halogens is 6. The molecule has 4 aromatic carbocycles. The summed E-state index contributed by atoms with van der Waals surface area (Å²) in [6.45, 7) is 0.342. The van der Waals surface area contributed by atoms with Gasteiger partial charge < -0.3 is 4.74 Å². The Bertz CT molecular complexity index is 1320. The third-order valence-electron chi connectivity index (χ3n) is 5.98. The summed E-state index contributed by atoms with van der Waals surface area (Å²) in [5, 5.41) is 0.789. The van der Waals surface area contributed by atoms with Crippen molar-refractivity contribution in [1.29, 1.82) is 0 Å². The van der Waals surface area contributed by atoms with Gasteiger partial charge >= 0.3 is 6.18 Å². The Hall–Kier alpha value is -3.32. The van der Waals surface area contributed by atoms with E-state index in [1.165, 1.54) is 49.6 Å². The molecule has 4 rings (SSSR count). The van der Waals surface area contributed by atoms with Crippen LogP contribution in [0.4, 0.5) is 26.3 Å². The van der Waals surface area contributed by atoms with Gasteiger partial charge in [0, 0.05) is 12.5 Å². The molecule has 0 aliphatic rings. The summed E-state index contributed by atoms with van der Waals surface area (Å²) in [6.07, 6.45) is -3.37. The lowest BCUT2D eigenvalue weighted by Crippen LogP contribution is -2.04. The molecule has 0 atom stereocenters. The van der Waals surface area contributed by atoms with Gasteiger partial charge in [0.05, 0.1) is 17.7 Å². The molecular weight excluding hydrogens is 466 g/mol. The van der Waals surface area contributed by atoms with E-state index in [1.807, 2.05) is 0 Å². The molecule has 0 amide bonds. The van der Waals surface area contributed by atoms with Crippen molar-refractivity contribution >= 4 is 10.8 Å². The number of alkyl halides is 3. The smallest absolute Gasteiger partial charge is 0.384 e. The van der Waals surface area contributed by atoms with Gasteiger partial charge in [-0.05, 0) is 77.2 Å². The zero-order valence-electron chi connectivity index (χ0n) is 18.9. The highest BCUT2D eigenvalue weighted by Crippen LogP contribution is 2.32. The maximum Gasteiger partial charge on any atom is 0.416 e. The molecule has 0 fully saturated rings. The van der Waals surface area contributed by atoms with Crippen LogP contribution in [0.15, 0.2) is 66.7 Å². The predicted molar refractivity (Wildman–Crippen MR) is 124 cm³/mol. The van der Waals surface area contributed by atoms with Crippen LogP contribution < -0.4 is 0 Å². The summed E-state index contributed by atoms with van der Waals surface area (Å²) in [4.78, 5) is 0. The number of benzene rings is 4. The van der Waals surface area contributed by atoms with E-state index in [2.05, 4.69) is 0 Å². The summed E-state index contributed by atoms with van der Waals surface area (Å²) >= 11 is 0. The van der Waals surface area contributed by atoms with Crippen molar-refractivity contribution < 1.29 is 31.1 Å². The quantitative estimate of drug-likeness (QED) is 0.240. The fourth-order valence-electron chi connectivity index (χ4n) is 4.09. The second-order valence-electron chi connectivity index (χ2n) is 8.35. The van der Waals surface area contributed by atoms with E-state index in [4.69, 9.17) is 4.74 Å². The molecule has 0 aromatic heterocycles. The molecular formula is C28H22F6O. The third kappa shape index (κ3) is 5.51. The highest BCUT2D eigenvalue weighted by Gasteiger charge is 2.29. The van der Waals surface area contributed by atoms with Gasteiger partial charge in [0.25, 0.3) is 0 Å². The third-order valence-corrected chi connectivity index (χ3v) is 5.98.